The molecule has 2 heterocycles. The fourth-order valence-electron chi connectivity index (χ4n) is 4.03. The van der Waals surface area contributed by atoms with Gasteiger partial charge in [0, 0.05) is 31.9 Å². The molecule has 1 fully saturated rings. The summed E-state index contributed by atoms with van der Waals surface area (Å²) in [4.78, 5) is 41.4. The van der Waals surface area contributed by atoms with Crippen LogP contribution in [0, 0.1) is 5.82 Å². The zero-order valence-corrected chi connectivity index (χ0v) is 21.9. The Kier molecular flexibility index (Phi) is 8.07. The summed E-state index contributed by atoms with van der Waals surface area (Å²) >= 11 is 0. The van der Waals surface area contributed by atoms with E-state index < -0.39 is 29.4 Å². The molecule has 0 radical (unpaired) electrons. The molecule has 4 rings (SSSR count). The lowest BCUT2D eigenvalue weighted by Gasteiger charge is -2.36. The quantitative estimate of drug-likeness (QED) is 0.273. The second-order valence-corrected chi connectivity index (χ2v) is 10.1. The predicted octanol–water partition coefficient (Wildman–Crippen LogP) is 2.55. The van der Waals surface area contributed by atoms with Crippen LogP contribution in [0.2, 0.25) is 0 Å². The molecule has 0 spiro atoms. The van der Waals surface area contributed by atoms with Crippen LogP contribution < -0.4 is 10.5 Å². The number of H-pyrrole nitrogens is 1. The van der Waals surface area contributed by atoms with E-state index in [9.17, 15) is 18.8 Å². The summed E-state index contributed by atoms with van der Waals surface area (Å²) in [6.07, 6.45) is -0.356. The van der Waals surface area contributed by atoms with Crippen molar-refractivity contribution in [2.75, 3.05) is 31.9 Å². The maximum Gasteiger partial charge on any atom is 0.410 e. The number of nitrogens with zero attached hydrogens (tertiary/aromatic N) is 5. The van der Waals surface area contributed by atoms with Crippen molar-refractivity contribution in [2.24, 2.45) is 0 Å². The standard InChI is InChI=1S/C26H30FN7O5/c1-26(2,3)39-25(37)34-12-10-33(11-13-34)23(35)19(22-29-31-32-30-22)14-16-4-9-21(20(27)15-16)38-24(36)17-5-7-18(28)8-6-17/h4-9,15,19H,10-14,28H2,1-3H3,(H,29,30,31,32). The van der Waals surface area contributed by atoms with E-state index in [1.54, 1.807) is 48.8 Å². The number of anilines is 1. The van der Waals surface area contributed by atoms with E-state index >= 15 is 0 Å². The molecule has 2 amide bonds. The van der Waals surface area contributed by atoms with Crippen molar-refractivity contribution in [3.63, 3.8) is 0 Å². The van der Waals surface area contributed by atoms with Gasteiger partial charge in [0.05, 0.1) is 5.56 Å². The van der Waals surface area contributed by atoms with Crippen LogP contribution in [0.1, 0.15) is 48.4 Å². The molecule has 3 N–H and O–H groups in total. The van der Waals surface area contributed by atoms with Gasteiger partial charge in [-0.15, -0.1) is 10.2 Å². The zero-order chi connectivity index (χ0) is 28.2. The largest absolute Gasteiger partial charge is 0.444 e. The minimum Gasteiger partial charge on any atom is -0.444 e. The minimum absolute atomic E-state index is 0.0771. The Bertz CT molecular complexity index is 1320. The van der Waals surface area contributed by atoms with Crippen molar-refractivity contribution >= 4 is 23.7 Å². The van der Waals surface area contributed by atoms with Crippen LogP contribution in [0.3, 0.4) is 0 Å². The van der Waals surface area contributed by atoms with Crippen molar-refractivity contribution < 1.29 is 28.2 Å². The molecule has 12 nitrogen and oxygen atoms in total. The lowest BCUT2D eigenvalue weighted by Crippen LogP contribution is -2.52. The molecule has 1 aromatic heterocycles. The van der Waals surface area contributed by atoms with Gasteiger partial charge >= 0.3 is 12.1 Å². The summed E-state index contributed by atoms with van der Waals surface area (Å²) in [6, 6.07) is 10.2. The van der Waals surface area contributed by atoms with Crippen LogP contribution in [0.15, 0.2) is 42.5 Å². The van der Waals surface area contributed by atoms with Crippen molar-refractivity contribution in [3.05, 3.63) is 65.2 Å². The van der Waals surface area contributed by atoms with Crippen molar-refractivity contribution in [1.29, 1.82) is 0 Å². The molecule has 0 aliphatic carbocycles. The first-order valence-electron chi connectivity index (χ1n) is 12.4. The Morgan fingerprint density at radius 3 is 2.31 bits per heavy atom. The van der Waals surface area contributed by atoms with Gasteiger partial charge in [0.1, 0.15) is 11.5 Å². The summed E-state index contributed by atoms with van der Waals surface area (Å²) in [5.41, 5.74) is 6.19. The number of ether oxygens (including phenoxy) is 2. The Balaban J connectivity index is 1.43. The van der Waals surface area contributed by atoms with E-state index in [-0.39, 0.29) is 29.5 Å². The molecule has 206 valence electrons. The number of rotatable bonds is 6. The summed E-state index contributed by atoms with van der Waals surface area (Å²) in [5, 5.41) is 13.9. The highest BCUT2D eigenvalue weighted by molar-refractivity contribution is 5.91. The number of esters is 1. The maximum absolute atomic E-state index is 14.9. The number of aromatic amines is 1. The first kappa shape index (κ1) is 27.5. The molecular formula is C26H30FN7O5. The SMILES string of the molecule is CC(C)(C)OC(=O)N1CCN(C(=O)C(Cc2ccc(OC(=O)c3ccc(N)cc3)c(F)c2)c2nn[nH]n2)CC1. The number of piperazine rings is 1. The van der Waals surface area contributed by atoms with Gasteiger partial charge < -0.3 is 25.0 Å². The second kappa shape index (κ2) is 11.5. The Morgan fingerprint density at radius 1 is 1.05 bits per heavy atom. The smallest absolute Gasteiger partial charge is 0.410 e. The molecule has 13 heteroatoms. The van der Waals surface area contributed by atoms with Crippen molar-refractivity contribution in [1.82, 2.24) is 30.4 Å². The monoisotopic (exact) mass is 539 g/mol. The summed E-state index contributed by atoms with van der Waals surface area (Å²) in [6.45, 7) is 6.57. The number of nitrogens with two attached hydrogens (primary N) is 1. The number of halogens is 1. The topological polar surface area (TPSA) is 157 Å². The van der Waals surface area contributed by atoms with E-state index in [0.29, 0.717) is 37.4 Å². The summed E-state index contributed by atoms with van der Waals surface area (Å²) in [7, 11) is 0. The molecule has 0 bridgehead atoms. The number of tetrazole rings is 1. The Labute approximate surface area is 224 Å². The number of nitrogen functional groups attached to an aromatic ring is 1. The molecule has 1 atom stereocenters. The van der Waals surface area contributed by atoms with Gasteiger partial charge in [-0.05, 0) is 69.2 Å². The first-order valence-corrected chi connectivity index (χ1v) is 12.4. The molecule has 2 aromatic carbocycles. The van der Waals surface area contributed by atoms with Crippen LogP contribution in [-0.4, -0.2) is 80.2 Å². The number of hydrogen-bond acceptors (Lipinski definition) is 9. The number of amides is 2. The molecule has 1 saturated heterocycles. The minimum atomic E-state index is -0.848. The van der Waals surface area contributed by atoms with E-state index in [0.717, 1.165) is 0 Å². The summed E-state index contributed by atoms with van der Waals surface area (Å²) in [5.74, 6) is -2.71. The number of benzene rings is 2. The van der Waals surface area contributed by atoms with Crippen LogP contribution in [0.25, 0.3) is 0 Å². The number of hydrogen-bond donors (Lipinski definition) is 2. The molecular weight excluding hydrogens is 509 g/mol. The van der Waals surface area contributed by atoms with Crippen molar-refractivity contribution in [3.8, 4) is 5.75 Å². The van der Waals surface area contributed by atoms with Crippen LogP contribution >= 0.6 is 0 Å². The van der Waals surface area contributed by atoms with E-state index in [1.165, 1.54) is 24.3 Å². The van der Waals surface area contributed by atoms with Gasteiger partial charge in [-0.25, -0.2) is 14.0 Å². The third kappa shape index (κ3) is 7.06. The van der Waals surface area contributed by atoms with Gasteiger partial charge in [0.15, 0.2) is 17.4 Å². The molecule has 0 saturated carbocycles. The molecule has 1 aliphatic heterocycles. The lowest BCUT2D eigenvalue weighted by molar-refractivity contribution is -0.134. The van der Waals surface area contributed by atoms with Crippen LogP contribution in [0.4, 0.5) is 14.9 Å². The van der Waals surface area contributed by atoms with Crippen LogP contribution in [0.5, 0.6) is 5.75 Å². The third-order valence-electron chi connectivity index (χ3n) is 6.00. The highest BCUT2D eigenvalue weighted by Gasteiger charge is 2.33. The molecule has 3 aromatic rings. The number of aromatic nitrogens is 4. The van der Waals surface area contributed by atoms with Gasteiger partial charge in [0.25, 0.3) is 0 Å². The zero-order valence-electron chi connectivity index (χ0n) is 21.9. The predicted molar refractivity (Wildman–Crippen MR) is 137 cm³/mol. The van der Waals surface area contributed by atoms with Crippen molar-refractivity contribution in [2.45, 2.75) is 38.7 Å². The molecule has 39 heavy (non-hydrogen) atoms. The maximum atomic E-state index is 14.9. The Morgan fingerprint density at radius 2 is 1.72 bits per heavy atom. The second-order valence-electron chi connectivity index (χ2n) is 10.1. The van der Waals surface area contributed by atoms with Gasteiger partial charge in [0.2, 0.25) is 5.91 Å². The normalized spacial score (nSPS) is 14.6. The fraction of sp³-hybridized carbons (Fsp3) is 0.385. The highest BCUT2D eigenvalue weighted by Crippen LogP contribution is 2.26. The molecule has 1 aliphatic rings. The molecule has 1 unspecified atom stereocenters. The highest BCUT2D eigenvalue weighted by atomic mass is 19.1. The van der Waals surface area contributed by atoms with E-state index in [4.69, 9.17) is 15.2 Å². The third-order valence-corrected chi connectivity index (χ3v) is 6.00. The van der Waals surface area contributed by atoms with Crippen LogP contribution in [-0.2, 0) is 16.0 Å². The Hall–Kier alpha value is -4.55. The number of carbonyl (C=O) groups is 3. The van der Waals surface area contributed by atoms with Gasteiger partial charge in [-0.3, -0.25) is 4.79 Å². The van der Waals surface area contributed by atoms with Gasteiger partial charge in [-0.2, -0.15) is 5.21 Å². The van der Waals surface area contributed by atoms with E-state index in [2.05, 4.69) is 20.6 Å². The lowest BCUT2D eigenvalue weighted by atomic mass is 9.96. The fourth-order valence-corrected chi connectivity index (χ4v) is 4.03. The van der Waals surface area contributed by atoms with Gasteiger partial charge in [-0.1, -0.05) is 11.3 Å². The summed E-state index contributed by atoms with van der Waals surface area (Å²) < 4.78 is 25.5. The van der Waals surface area contributed by atoms with E-state index in [1.807, 2.05) is 0 Å². The average molecular weight is 540 g/mol. The first-order chi connectivity index (χ1) is 18.5. The number of carbonyl (C=O) groups excluding carboxylic acids is 3. The average Bonchev–Trinajstić information content (AvgIpc) is 3.42. The number of nitrogens with one attached hydrogen (secondary N) is 1.